The molecule has 0 amide bonds. The van der Waals surface area contributed by atoms with Crippen LogP contribution < -0.4 is 5.32 Å². The van der Waals surface area contributed by atoms with Gasteiger partial charge in [-0.05, 0) is 103 Å². The number of aryl methyl sites for hydroxylation is 2. The normalized spacial score (nSPS) is 12.8. The Balaban J connectivity index is 0.00000184. The van der Waals surface area contributed by atoms with Crippen LogP contribution in [0.4, 0.5) is 4.39 Å². The van der Waals surface area contributed by atoms with Gasteiger partial charge in [-0.2, -0.15) is 5.26 Å². The summed E-state index contributed by atoms with van der Waals surface area (Å²) in [7, 11) is 0. The fourth-order valence-electron chi connectivity index (χ4n) is 4.24. The number of nitrogens with zero attached hydrogens (tertiary/aromatic N) is 3. The Morgan fingerprint density at radius 2 is 1.55 bits per heavy atom. The van der Waals surface area contributed by atoms with Crippen molar-refractivity contribution in [3.63, 3.8) is 0 Å². The highest BCUT2D eigenvalue weighted by atomic mass is 35.5. The van der Waals surface area contributed by atoms with Gasteiger partial charge in [-0.1, -0.05) is 95.7 Å². The van der Waals surface area contributed by atoms with Gasteiger partial charge in [0, 0.05) is 23.0 Å². The fraction of sp³-hybridized carbons (Fsp3) is 0.488. The smallest absolute Gasteiger partial charge is 0.128 e. The summed E-state index contributed by atoms with van der Waals surface area (Å²) in [6.45, 7) is 28.8. The molecular formula is C41H60ClFN4. The van der Waals surface area contributed by atoms with Gasteiger partial charge < -0.3 is 5.32 Å². The molecule has 2 rings (SSSR count). The highest BCUT2D eigenvalue weighted by molar-refractivity contribution is 6.35. The summed E-state index contributed by atoms with van der Waals surface area (Å²) in [6, 6.07) is 8.01. The first-order valence-electron chi connectivity index (χ1n) is 17.0. The molecule has 0 aliphatic heterocycles. The number of allylic oxidation sites excluding steroid dienone is 7. The van der Waals surface area contributed by atoms with Gasteiger partial charge in [0.25, 0.3) is 0 Å². The van der Waals surface area contributed by atoms with Crippen molar-refractivity contribution in [2.75, 3.05) is 0 Å². The Morgan fingerprint density at radius 3 is 2.00 bits per heavy atom. The second-order valence-electron chi connectivity index (χ2n) is 12.5. The molecule has 0 fully saturated rings. The lowest BCUT2D eigenvalue weighted by Crippen LogP contribution is -2.21. The summed E-state index contributed by atoms with van der Waals surface area (Å²) in [4.78, 5) is 9.67. The minimum Gasteiger partial charge on any atom is -0.375 e. The maximum absolute atomic E-state index is 14.7. The van der Waals surface area contributed by atoms with Crippen LogP contribution in [0.3, 0.4) is 0 Å². The van der Waals surface area contributed by atoms with Crippen LogP contribution in [0.2, 0.25) is 0 Å². The number of unbranched alkanes of at least 4 members (excludes halogenated alkanes) is 1. The number of aliphatic imine (C=N–C) groups is 1. The summed E-state index contributed by atoms with van der Waals surface area (Å²) < 4.78 is 14.7. The van der Waals surface area contributed by atoms with Gasteiger partial charge in [0.05, 0.1) is 39.8 Å². The van der Waals surface area contributed by atoms with E-state index in [1.807, 2.05) is 80.7 Å². The molecule has 1 N–H and O–H groups in total. The largest absolute Gasteiger partial charge is 0.375 e. The van der Waals surface area contributed by atoms with E-state index in [0.717, 1.165) is 45.2 Å². The summed E-state index contributed by atoms with van der Waals surface area (Å²) in [6.07, 6.45) is 11.1. The molecule has 0 saturated carbocycles. The van der Waals surface area contributed by atoms with Crippen LogP contribution in [0, 0.1) is 36.9 Å². The van der Waals surface area contributed by atoms with Crippen molar-refractivity contribution in [2.24, 2.45) is 10.9 Å². The van der Waals surface area contributed by atoms with Crippen LogP contribution in [0.1, 0.15) is 148 Å². The van der Waals surface area contributed by atoms with Crippen molar-refractivity contribution in [3.05, 3.63) is 97.8 Å². The van der Waals surface area contributed by atoms with Crippen molar-refractivity contribution in [2.45, 2.75) is 129 Å². The molecule has 6 heteroatoms. The number of nitrogens with one attached hydrogen (secondary N) is 1. The molecular weight excluding hydrogens is 603 g/mol. The number of nitriles is 1. The number of hydrogen-bond donors (Lipinski definition) is 1. The Morgan fingerprint density at radius 1 is 0.957 bits per heavy atom. The molecule has 1 atom stereocenters. The topological polar surface area (TPSA) is 61.1 Å². The fourth-order valence-corrected chi connectivity index (χ4v) is 4.49. The first-order chi connectivity index (χ1) is 22.1. The van der Waals surface area contributed by atoms with Crippen molar-refractivity contribution in [3.8, 4) is 6.07 Å². The van der Waals surface area contributed by atoms with E-state index in [0.29, 0.717) is 27.6 Å². The van der Waals surface area contributed by atoms with Crippen LogP contribution >= 0.6 is 11.6 Å². The number of hydrogen-bond acceptors (Lipinski definition) is 4. The minimum absolute atomic E-state index is 0.377. The zero-order chi connectivity index (χ0) is 36.3. The number of pyridine rings is 1. The van der Waals surface area contributed by atoms with Crippen molar-refractivity contribution >= 4 is 29.1 Å². The minimum atomic E-state index is -0.476. The standard InChI is InChI=1S/C31H36ClFN4.C6H14.C4H10/c1-10-19(5)28(32)31(36-23(9)26-15-24(16-34)12-13-27(26)33)30-21(7)14-20(6)29(37-30)25(11-2)17-35-22(8)18(3)4;1-4-5-6(2)3;1-3-4-2/h10-15,17,23,36H,1-9H3;6H,4-5H2,1-3H3;3-4H2,1-2H3/b19-10-,25-11+,31-28-,35-17?;;/t23-;;/m1../s1. The van der Waals surface area contributed by atoms with Crippen LogP contribution in [0.15, 0.2) is 63.3 Å². The first-order valence-corrected chi connectivity index (χ1v) is 17.3. The second kappa shape index (κ2) is 22.9. The molecule has 0 spiro atoms. The zero-order valence-electron chi connectivity index (χ0n) is 31.6. The van der Waals surface area contributed by atoms with Crippen molar-refractivity contribution in [1.82, 2.24) is 10.3 Å². The predicted octanol–water partition coefficient (Wildman–Crippen LogP) is 13.0. The first kappa shape index (κ1) is 43.5. The summed E-state index contributed by atoms with van der Waals surface area (Å²) in [5, 5.41) is 13.2. The lowest BCUT2D eigenvalue weighted by Gasteiger charge is -2.23. The van der Waals surface area contributed by atoms with E-state index < -0.39 is 11.9 Å². The molecule has 0 aliphatic carbocycles. The van der Waals surface area contributed by atoms with Gasteiger partial charge in [0.2, 0.25) is 0 Å². The van der Waals surface area contributed by atoms with E-state index in [-0.39, 0.29) is 0 Å². The molecule has 47 heavy (non-hydrogen) atoms. The second-order valence-corrected chi connectivity index (χ2v) is 12.8. The van der Waals surface area contributed by atoms with Gasteiger partial charge in [-0.25, -0.2) is 9.37 Å². The maximum atomic E-state index is 14.7. The van der Waals surface area contributed by atoms with Gasteiger partial charge in [0.1, 0.15) is 5.82 Å². The Labute approximate surface area is 291 Å². The molecule has 1 aromatic heterocycles. The third-order valence-corrected chi connectivity index (χ3v) is 8.15. The molecule has 0 unspecified atom stereocenters. The molecule has 4 nitrogen and oxygen atoms in total. The van der Waals surface area contributed by atoms with Crippen LogP contribution in [-0.4, -0.2) is 11.2 Å². The van der Waals surface area contributed by atoms with Crippen LogP contribution in [0.25, 0.3) is 11.3 Å². The zero-order valence-corrected chi connectivity index (χ0v) is 32.4. The van der Waals surface area contributed by atoms with Gasteiger partial charge in [0.15, 0.2) is 0 Å². The summed E-state index contributed by atoms with van der Waals surface area (Å²) >= 11 is 6.89. The predicted molar refractivity (Wildman–Crippen MR) is 205 cm³/mol. The van der Waals surface area contributed by atoms with Crippen LogP contribution in [0.5, 0.6) is 0 Å². The third-order valence-electron chi connectivity index (χ3n) is 7.66. The van der Waals surface area contributed by atoms with Crippen molar-refractivity contribution < 1.29 is 4.39 Å². The Kier molecular flexibility index (Phi) is 21.2. The van der Waals surface area contributed by atoms with Gasteiger partial charge in [-0.3, -0.25) is 4.99 Å². The number of benzene rings is 1. The molecule has 0 bridgehead atoms. The number of aromatic nitrogens is 1. The monoisotopic (exact) mass is 662 g/mol. The number of halogens is 2. The van der Waals surface area contributed by atoms with Crippen molar-refractivity contribution in [1.29, 1.82) is 5.26 Å². The van der Waals surface area contributed by atoms with E-state index in [2.05, 4.69) is 57.1 Å². The molecule has 2 aromatic rings. The summed E-state index contributed by atoms with van der Waals surface area (Å²) in [5.74, 6) is 0.503. The van der Waals surface area contributed by atoms with E-state index in [1.165, 1.54) is 37.8 Å². The quantitative estimate of drug-likeness (QED) is 0.192. The van der Waals surface area contributed by atoms with Gasteiger partial charge >= 0.3 is 0 Å². The molecule has 258 valence electrons. The lowest BCUT2D eigenvalue weighted by molar-refractivity contribution is 0.574. The molecule has 0 radical (unpaired) electrons. The Bertz CT molecular complexity index is 1480. The number of rotatable bonds is 11. The van der Waals surface area contributed by atoms with E-state index in [4.69, 9.17) is 16.6 Å². The van der Waals surface area contributed by atoms with E-state index in [1.54, 1.807) is 6.07 Å². The van der Waals surface area contributed by atoms with Gasteiger partial charge in [-0.15, -0.1) is 0 Å². The van der Waals surface area contributed by atoms with E-state index >= 15 is 0 Å². The average Bonchev–Trinajstić information content (AvgIpc) is 3.04. The van der Waals surface area contributed by atoms with Crippen LogP contribution in [-0.2, 0) is 0 Å². The lowest BCUT2D eigenvalue weighted by atomic mass is 10.0. The third kappa shape index (κ3) is 14.9. The Hall–Kier alpha value is -3.49. The molecule has 1 aromatic carbocycles. The average molecular weight is 663 g/mol. The molecule has 0 saturated heterocycles. The molecule has 1 heterocycles. The highest BCUT2D eigenvalue weighted by Gasteiger charge is 2.21. The van der Waals surface area contributed by atoms with E-state index in [9.17, 15) is 9.65 Å². The molecule has 0 aliphatic rings. The maximum Gasteiger partial charge on any atom is 0.128 e. The highest BCUT2D eigenvalue weighted by Crippen LogP contribution is 2.31. The SMILES string of the molecule is C/C=C(C)\C(Cl)=C(\N[C@H](C)c1cc(C#N)ccc1F)c1nc(/C(C=NC(C)=C(C)C)=C/C)c(C)cc1C.CCCC.CCCC(C)C. The summed E-state index contributed by atoms with van der Waals surface area (Å²) in [5.41, 5.74) is 8.60.